The second-order valence-corrected chi connectivity index (χ2v) is 5.39. The minimum Gasteiger partial charge on any atom is -0.477 e. The van der Waals surface area contributed by atoms with Crippen molar-refractivity contribution in [3.05, 3.63) is 17.7 Å². The number of nitrogens with zero attached hydrogens (tertiary/aromatic N) is 2. The standard InChI is InChI=1S/C12H17N3O3/c1-12(2)3-5-15(6-4-12)10(16)8-9(11(17)18)14-7-13-8/h7H,3-6H2,1-2H3,(H,13,14)(H,17,18). The van der Waals surface area contributed by atoms with Gasteiger partial charge < -0.3 is 15.0 Å². The highest BCUT2D eigenvalue weighted by molar-refractivity contribution is 6.02. The van der Waals surface area contributed by atoms with E-state index in [4.69, 9.17) is 5.11 Å². The lowest BCUT2D eigenvalue weighted by Crippen LogP contribution is -2.41. The van der Waals surface area contributed by atoms with Crippen molar-refractivity contribution in [2.75, 3.05) is 13.1 Å². The van der Waals surface area contributed by atoms with E-state index >= 15 is 0 Å². The summed E-state index contributed by atoms with van der Waals surface area (Å²) in [7, 11) is 0. The van der Waals surface area contributed by atoms with Crippen LogP contribution in [-0.4, -0.2) is 44.9 Å². The van der Waals surface area contributed by atoms with E-state index in [2.05, 4.69) is 23.8 Å². The lowest BCUT2D eigenvalue weighted by molar-refractivity contribution is 0.0603. The predicted molar refractivity (Wildman–Crippen MR) is 64.5 cm³/mol. The third-order valence-corrected chi connectivity index (χ3v) is 3.46. The Morgan fingerprint density at radius 2 is 2.00 bits per heavy atom. The van der Waals surface area contributed by atoms with Gasteiger partial charge in [0.25, 0.3) is 5.91 Å². The van der Waals surface area contributed by atoms with Gasteiger partial charge in [-0.25, -0.2) is 9.78 Å². The summed E-state index contributed by atoms with van der Waals surface area (Å²) < 4.78 is 0. The second-order valence-electron chi connectivity index (χ2n) is 5.39. The van der Waals surface area contributed by atoms with Gasteiger partial charge in [0, 0.05) is 13.1 Å². The number of nitrogens with one attached hydrogen (secondary N) is 1. The van der Waals surface area contributed by atoms with Crippen molar-refractivity contribution < 1.29 is 14.7 Å². The minimum atomic E-state index is -1.16. The average Bonchev–Trinajstić information content (AvgIpc) is 2.77. The quantitative estimate of drug-likeness (QED) is 0.831. The number of imidazole rings is 1. The first-order valence-electron chi connectivity index (χ1n) is 5.97. The molecule has 0 aliphatic carbocycles. The normalized spacial score (nSPS) is 18.7. The number of amides is 1. The Morgan fingerprint density at radius 1 is 1.39 bits per heavy atom. The van der Waals surface area contributed by atoms with Gasteiger partial charge in [-0.15, -0.1) is 0 Å². The molecule has 0 aromatic carbocycles. The fraction of sp³-hybridized carbons (Fsp3) is 0.583. The number of aromatic nitrogens is 2. The van der Waals surface area contributed by atoms with Crippen molar-refractivity contribution in [1.82, 2.24) is 14.9 Å². The summed E-state index contributed by atoms with van der Waals surface area (Å²) in [6, 6.07) is 0. The molecule has 2 rings (SSSR count). The second kappa shape index (κ2) is 4.44. The van der Waals surface area contributed by atoms with Gasteiger partial charge in [-0.1, -0.05) is 13.8 Å². The predicted octanol–water partition coefficient (Wildman–Crippen LogP) is 1.37. The summed E-state index contributed by atoms with van der Waals surface area (Å²) in [5.74, 6) is -1.46. The van der Waals surface area contributed by atoms with Crippen LogP contribution in [0.4, 0.5) is 0 Å². The summed E-state index contributed by atoms with van der Waals surface area (Å²) in [4.78, 5) is 31.1. The highest BCUT2D eigenvalue weighted by atomic mass is 16.4. The third kappa shape index (κ3) is 2.37. The Bertz CT molecular complexity index is 469. The summed E-state index contributed by atoms with van der Waals surface area (Å²) in [6.45, 7) is 5.65. The zero-order valence-corrected chi connectivity index (χ0v) is 10.6. The Hall–Kier alpha value is -1.85. The van der Waals surface area contributed by atoms with Gasteiger partial charge in [-0.2, -0.15) is 0 Å². The highest BCUT2D eigenvalue weighted by Crippen LogP contribution is 2.30. The number of piperidine rings is 1. The van der Waals surface area contributed by atoms with E-state index in [1.165, 1.54) is 6.33 Å². The van der Waals surface area contributed by atoms with Gasteiger partial charge >= 0.3 is 5.97 Å². The molecule has 6 nitrogen and oxygen atoms in total. The number of aromatic carboxylic acids is 1. The number of H-pyrrole nitrogens is 1. The number of carbonyl (C=O) groups excluding carboxylic acids is 1. The van der Waals surface area contributed by atoms with E-state index in [1.807, 2.05) is 0 Å². The number of likely N-dealkylation sites (tertiary alicyclic amines) is 1. The summed E-state index contributed by atoms with van der Waals surface area (Å²) in [5.41, 5.74) is 0.116. The topological polar surface area (TPSA) is 86.3 Å². The molecule has 1 aliphatic heterocycles. The molecule has 6 heteroatoms. The summed E-state index contributed by atoms with van der Waals surface area (Å²) in [5, 5.41) is 8.94. The molecule has 0 unspecified atom stereocenters. The number of hydrogen-bond acceptors (Lipinski definition) is 3. The van der Waals surface area contributed by atoms with Gasteiger partial charge in [-0.05, 0) is 18.3 Å². The van der Waals surface area contributed by atoms with Crippen molar-refractivity contribution in [1.29, 1.82) is 0 Å². The van der Waals surface area contributed by atoms with Crippen LogP contribution in [0.3, 0.4) is 0 Å². The van der Waals surface area contributed by atoms with Crippen LogP contribution in [0.1, 0.15) is 47.7 Å². The molecule has 1 amide bonds. The van der Waals surface area contributed by atoms with Crippen LogP contribution in [0.25, 0.3) is 0 Å². The number of carboxylic acid groups (broad SMARTS) is 1. The molecule has 1 fully saturated rings. The van der Waals surface area contributed by atoms with Crippen LogP contribution < -0.4 is 0 Å². The maximum Gasteiger partial charge on any atom is 0.354 e. The van der Waals surface area contributed by atoms with Crippen LogP contribution in [0.2, 0.25) is 0 Å². The Labute approximate surface area is 105 Å². The molecule has 0 spiro atoms. The number of aromatic amines is 1. The molecule has 2 heterocycles. The molecule has 0 bridgehead atoms. The molecule has 1 saturated heterocycles. The van der Waals surface area contributed by atoms with Crippen molar-refractivity contribution in [2.45, 2.75) is 26.7 Å². The molecule has 18 heavy (non-hydrogen) atoms. The monoisotopic (exact) mass is 251 g/mol. The van der Waals surface area contributed by atoms with Crippen LogP contribution in [0.15, 0.2) is 6.33 Å². The van der Waals surface area contributed by atoms with Crippen LogP contribution in [0, 0.1) is 5.41 Å². The number of carboxylic acids is 1. The number of carbonyl (C=O) groups is 2. The summed E-state index contributed by atoms with van der Waals surface area (Å²) in [6.07, 6.45) is 3.09. The average molecular weight is 251 g/mol. The molecular weight excluding hydrogens is 234 g/mol. The molecule has 1 aliphatic rings. The molecular formula is C12H17N3O3. The zero-order valence-electron chi connectivity index (χ0n) is 10.6. The van der Waals surface area contributed by atoms with Crippen molar-refractivity contribution in [3.8, 4) is 0 Å². The minimum absolute atomic E-state index is 0.00204. The largest absolute Gasteiger partial charge is 0.477 e. The van der Waals surface area contributed by atoms with Crippen LogP contribution in [-0.2, 0) is 0 Å². The van der Waals surface area contributed by atoms with Gasteiger partial charge in [0.1, 0.15) is 0 Å². The van der Waals surface area contributed by atoms with Gasteiger partial charge in [-0.3, -0.25) is 4.79 Å². The van der Waals surface area contributed by atoms with E-state index in [1.54, 1.807) is 4.90 Å². The van der Waals surface area contributed by atoms with Crippen LogP contribution >= 0.6 is 0 Å². The summed E-state index contributed by atoms with van der Waals surface area (Å²) >= 11 is 0. The zero-order chi connectivity index (χ0) is 13.3. The molecule has 0 radical (unpaired) electrons. The number of rotatable bonds is 2. The fourth-order valence-corrected chi connectivity index (χ4v) is 2.08. The van der Waals surface area contributed by atoms with E-state index in [0.717, 1.165) is 12.8 Å². The first-order chi connectivity index (χ1) is 8.41. The van der Waals surface area contributed by atoms with E-state index in [0.29, 0.717) is 13.1 Å². The van der Waals surface area contributed by atoms with E-state index < -0.39 is 5.97 Å². The Kier molecular flexibility index (Phi) is 3.11. The maximum absolute atomic E-state index is 12.2. The molecule has 98 valence electrons. The van der Waals surface area contributed by atoms with Crippen molar-refractivity contribution >= 4 is 11.9 Å². The van der Waals surface area contributed by atoms with E-state index in [9.17, 15) is 9.59 Å². The lowest BCUT2D eigenvalue weighted by atomic mass is 9.82. The Balaban J connectivity index is 2.13. The number of hydrogen-bond donors (Lipinski definition) is 2. The maximum atomic E-state index is 12.2. The van der Waals surface area contributed by atoms with Crippen molar-refractivity contribution in [2.24, 2.45) is 5.41 Å². The van der Waals surface area contributed by atoms with Crippen molar-refractivity contribution in [3.63, 3.8) is 0 Å². The molecule has 0 saturated carbocycles. The van der Waals surface area contributed by atoms with Gasteiger partial charge in [0.05, 0.1) is 6.33 Å². The fourth-order valence-electron chi connectivity index (χ4n) is 2.08. The smallest absolute Gasteiger partial charge is 0.354 e. The van der Waals surface area contributed by atoms with Gasteiger partial charge in [0.15, 0.2) is 11.4 Å². The van der Waals surface area contributed by atoms with E-state index in [-0.39, 0.29) is 22.7 Å². The van der Waals surface area contributed by atoms with Gasteiger partial charge in [0.2, 0.25) is 0 Å². The first kappa shape index (κ1) is 12.6. The molecule has 2 N–H and O–H groups in total. The Morgan fingerprint density at radius 3 is 2.56 bits per heavy atom. The first-order valence-corrected chi connectivity index (χ1v) is 5.97. The molecule has 0 atom stereocenters. The van der Waals surface area contributed by atoms with Crippen LogP contribution in [0.5, 0.6) is 0 Å². The highest BCUT2D eigenvalue weighted by Gasteiger charge is 2.31. The lowest BCUT2D eigenvalue weighted by Gasteiger charge is -2.36. The molecule has 1 aromatic heterocycles. The molecule has 1 aromatic rings. The third-order valence-electron chi connectivity index (χ3n) is 3.46. The SMILES string of the molecule is CC1(C)CCN(C(=O)c2nc[nH]c2C(=O)O)CC1.